The highest BCUT2D eigenvalue weighted by Gasteiger charge is 2.26. The first kappa shape index (κ1) is 16.0. The van der Waals surface area contributed by atoms with Crippen LogP contribution in [0.5, 0.6) is 0 Å². The first-order valence-corrected chi connectivity index (χ1v) is 8.74. The minimum Gasteiger partial charge on any atom is -0.355 e. The van der Waals surface area contributed by atoms with Crippen molar-refractivity contribution in [2.75, 3.05) is 18.0 Å². The van der Waals surface area contributed by atoms with Crippen molar-refractivity contribution in [3.05, 3.63) is 42.1 Å². The van der Waals surface area contributed by atoms with Crippen LogP contribution in [0.25, 0.3) is 16.7 Å². The van der Waals surface area contributed by atoms with Crippen molar-refractivity contribution in [1.82, 2.24) is 19.7 Å². The summed E-state index contributed by atoms with van der Waals surface area (Å²) in [4.78, 5) is 11.4. The van der Waals surface area contributed by atoms with Gasteiger partial charge in [-0.15, -0.1) is 0 Å². The summed E-state index contributed by atoms with van der Waals surface area (Å²) in [7, 11) is 0. The van der Waals surface area contributed by atoms with Crippen molar-refractivity contribution in [1.29, 1.82) is 0 Å². The highest BCUT2D eigenvalue weighted by atomic mass is 19.1. The van der Waals surface area contributed by atoms with E-state index in [9.17, 15) is 4.39 Å². The third kappa shape index (κ3) is 2.86. The second kappa shape index (κ2) is 6.10. The summed E-state index contributed by atoms with van der Waals surface area (Å²) in [6.07, 6.45) is 2.82. The van der Waals surface area contributed by atoms with Crippen molar-refractivity contribution in [3.8, 4) is 5.69 Å². The lowest BCUT2D eigenvalue weighted by atomic mass is 9.92. The van der Waals surface area contributed by atoms with Gasteiger partial charge in [-0.2, -0.15) is 5.10 Å². The van der Waals surface area contributed by atoms with E-state index in [-0.39, 0.29) is 5.82 Å². The lowest BCUT2D eigenvalue weighted by Crippen LogP contribution is -2.39. The summed E-state index contributed by atoms with van der Waals surface area (Å²) in [5.41, 5.74) is 2.25. The summed E-state index contributed by atoms with van der Waals surface area (Å²) in [6, 6.07) is 6.42. The Balaban J connectivity index is 1.85. The molecule has 4 rings (SSSR count). The molecule has 1 aliphatic rings. The Labute approximate surface area is 146 Å². The van der Waals surface area contributed by atoms with E-state index >= 15 is 0 Å². The second-order valence-corrected chi connectivity index (χ2v) is 7.22. The van der Waals surface area contributed by atoms with Crippen LogP contribution in [0.3, 0.4) is 0 Å². The molecule has 6 heteroatoms. The molecule has 0 N–H and O–H groups in total. The van der Waals surface area contributed by atoms with Crippen LogP contribution in [-0.4, -0.2) is 32.8 Å². The molecule has 3 heterocycles. The van der Waals surface area contributed by atoms with Gasteiger partial charge in [0, 0.05) is 13.1 Å². The Bertz CT molecular complexity index is 909. The van der Waals surface area contributed by atoms with Crippen molar-refractivity contribution in [2.45, 2.75) is 27.2 Å². The van der Waals surface area contributed by atoms with Crippen LogP contribution < -0.4 is 4.90 Å². The smallest absolute Gasteiger partial charge is 0.168 e. The summed E-state index contributed by atoms with van der Waals surface area (Å²) in [5, 5.41) is 5.57. The minimum absolute atomic E-state index is 0.285. The molecule has 1 fully saturated rings. The number of fused-ring (bicyclic) bond motifs is 1. The van der Waals surface area contributed by atoms with Gasteiger partial charge in [-0.05, 0) is 43.4 Å². The standard InChI is InChI=1S/C19H22FN5/c1-12-7-13(2)10-24(9-12)18-17-14(3)23-25(19(17)22-11-21-18)16-6-4-5-15(20)8-16/h4-6,8,11-13H,7,9-10H2,1-3H3. The molecule has 1 saturated heterocycles. The highest BCUT2D eigenvalue weighted by molar-refractivity contribution is 5.90. The van der Waals surface area contributed by atoms with Gasteiger partial charge in [0.15, 0.2) is 5.65 Å². The molecule has 3 aromatic rings. The maximum Gasteiger partial charge on any atom is 0.168 e. The molecule has 2 atom stereocenters. The second-order valence-electron chi connectivity index (χ2n) is 7.22. The molecule has 2 aromatic heterocycles. The molecule has 5 nitrogen and oxygen atoms in total. The van der Waals surface area contributed by atoms with Crippen molar-refractivity contribution in [2.24, 2.45) is 11.8 Å². The van der Waals surface area contributed by atoms with E-state index in [0.717, 1.165) is 35.6 Å². The molecule has 0 spiro atoms. The number of halogens is 1. The van der Waals surface area contributed by atoms with Gasteiger partial charge in [-0.3, -0.25) is 0 Å². The molecule has 0 aliphatic carbocycles. The van der Waals surface area contributed by atoms with Gasteiger partial charge >= 0.3 is 0 Å². The third-order valence-corrected chi connectivity index (χ3v) is 4.84. The van der Waals surface area contributed by atoms with E-state index in [1.54, 1.807) is 17.1 Å². The molecule has 0 radical (unpaired) electrons. The van der Waals surface area contributed by atoms with E-state index in [0.29, 0.717) is 17.5 Å². The fourth-order valence-electron chi connectivity index (χ4n) is 3.96. The normalized spacial score (nSPS) is 21.0. The van der Waals surface area contributed by atoms with Gasteiger partial charge in [0.25, 0.3) is 0 Å². The van der Waals surface area contributed by atoms with Gasteiger partial charge in [-0.1, -0.05) is 19.9 Å². The molecule has 25 heavy (non-hydrogen) atoms. The number of hydrogen-bond acceptors (Lipinski definition) is 4. The van der Waals surface area contributed by atoms with E-state index < -0.39 is 0 Å². The molecule has 1 aromatic carbocycles. The van der Waals surface area contributed by atoms with E-state index in [2.05, 4.69) is 33.8 Å². The highest BCUT2D eigenvalue weighted by Crippen LogP contribution is 2.32. The van der Waals surface area contributed by atoms with E-state index in [4.69, 9.17) is 0 Å². The Morgan fingerprint density at radius 3 is 2.60 bits per heavy atom. The zero-order chi connectivity index (χ0) is 17.6. The number of aryl methyl sites for hydroxylation is 1. The Morgan fingerprint density at radius 2 is 1.88 bits per heavy atom. The third-order valence-electron chi connectivity index (χ3n) is 4.84. The number of piperidine rings is 1. The monoisotopic (exact) mass is 339 g/mol. The Morgan fingerprint density at radius 1 is 1.12 bits per heavy atom. The van der Waals surface area contributed by atoms with Crippen LogP contribution in [0.1, 0.15) is 26.0 Å². The average molecular weight is 339 g/mol. The molecule has 1 aliphatic heterocycles. The van der Waals surface area contributed by atoms with Crippen molar-refractivity contribution in [3.63, 3.8) is 0 Å². The fourth-order valence-corrected chi connectivity index (χ4v) is 3.96. The van der Waals surface area contributed by atoms with Crippen LogP contribution in [0, 0.1) is 24.6 Å². The van der Waals surface area contributed by atoms with Gasteiger partial charge in [-0.25, -0.2) is 19.0 Å². The average Bonchev–Trinajstić information content (AvgIpc) is 2.91. The molecule has 0 amide bonds. The molecule has 0 saturated carbocycles. The van der Waals surface area contributed by atoms with Gasteiger partial charge < -0.3 is 4.90 Å². The van der Waals surface area contributed by atoms with Crippen LogP contribution >= 0.6 is 0 Å². The first-order chi connectivity index (χ1) is 12.0. The zero-order valence-corrected chi connectivity index (χ0v) is 14.8. The van der Waals surface area contributed by atoms with Crippen LogP contribution in [0.15, 0.2) is 30.6 Å². The fraction of sp³-hybridized carbons (Fsp3) is 0.421. The number of benzene rings is 1. The number of hydrogen-bond donors (Lipinski definition) is 0. The summed E-state index contributed by atoms with van der Waals surface area (Å²) < 4.78 is 15.3. The van der Waals surface area contributed by atoms with Gasteiger partial charge in [0.2, 0.25) is 0 Å². The number of rotatable bonds is 2. The SMILES string of the molecule is Cc1nn(-c2cccc(F)c2)c2ncnc(N3CC(C)CC(C)C3)c12. The molecular weight excluding hydrogens is 317 g/mol. The number of aromatic nitrogens is 4. The van der Waals surface area contributed by atoms with Crippen molar-refractivity contribution >= 4 is 16.9 Å². The zero-order valence-electron chi connectivity index (χ0n) is 14.8. The topological polar surface area (TPSA) is 46.8 Å². The maximum absolute atomic E-state index is 13.6. The predicted octanol–water partition coefficient (Wildman–Crippen LogP) is 3.75. The van der Waals surface area contributed by atoms with Gasteiger partial charge in [0.1, 0.15) is 18.0 Å². The van der Waals surface area contributed by atoms with Crippen molar-refractivity contribution < 1.29 is 4.39 Å². The predicted molar refractivity (Wildman–Crippen MR) is 96.5 cm³/mol. The Kier molecular flexibility index (Phi) is 3.90. The summed E-state index contributed by atoms with van der Waals surface area (Å²) in [5.74, 6) is 1.91. The lowest BCUT2D eigenvalue weighted by molar-refractivity contribution is 0.356. The summed E-state index contributed by atoms with van der Waals surface area (Å²) >= 11 is 0. The molecular formula is C19H22FN5. The Hall–Kier alpha value is -2.50. The van der Waals surface area contributed by atoms with Crippen LogP contribution in [-0.2, 0) is 0 Å². The van der Waals surface area contributed by atoms with Crippen LogP contribution in [0.2, 0.25) is 0 Å². The maximum atomic E-state index is 13.6. The number of anilines is 1. The molecule has 2 unspecified atom stereocenters. The first-order valence-electron chi connectivity index (χ1n) is 8.74. The number of nitrogens with zero attached hydrogens (tertiary/aromatic N) is 5. The lowest BCUT2D eigenvalue weighted by Gasteiger charge is -2.36. The van der Waals surface area contributed by atoms with Crippen LogP contribution in [0.4, 0.5) is 10.2 Å². The molecule has 130 valence electrons. The largest absolute Gasteiger partial charge is 0.355 e. The van der Waals surface area contributed by atoms with Gasteiger partial charge in [0.05, 0.1) is 16.8 Å². The van der Waals surface area contributed by atoms with E-state index in [1.165, 1.54) is 18.6 Å². The summed E-state index contributed by atoms with van der Waals surface area (Å²) in [6.45, 7) is 8.50. The van der Waals surface area contributed by atoms with E-state index in [1.807, 2.05) is 13.0 Å². The minimum atomic E-state index is -0.285. The quantitative estimate of drug-likeness (QED) is 0.713. The molecule has 0 bridgehead atoms.